The van der Waals surface area contributed by atoms with Gasteiger partial charge in [0.25, 0.3) is 0 Å². The summed E-state index contributed by atoms with van der Waals surface area (Å²) in [5.41, 5.74) is 13.4. The first-order valence-electron chi connectivity index (χ1n) is 11.6. The van der Waals surface area contributed by atoms with Crippen LogP contribution in [-0.4, -0.2) is 8.07 Å². The molecule has 32 heavy (non-hydrogen) atoms. The fraction of sp³-hybridized carbons (Fsp3) is 0.429. The molecule has 0 N–H and O–H groups in total. The van der Waals surface area contributed by atoms with Crippen molar-refractivity contribution in [1.29, 1.82) is 0 Å². The molecule has 0 spiro atoms. The molecule has 2 unspecified atom stereocenters. The molecule has 2 aliphatic carbocycles. The van der Waals surface area contributed by atoms with Crippen molar-refractivity contribution < 1.29 is 44.0 Å². The molecular formula is C28H34Cl2SiTi. The predicted molar refractivity (Wildman–Crippen MR) is 129 cm³/mol. The number of fused-ring (bicyclic) bond motifs is 8. The van der Waals surface area contributed by atoms with Gasteiger partial charge in [-0.15, -0.1) is 0 Å². The zero-order chi connectivity index (χ0) is 21.5. The quantitative estimate of drug-likeness (QED) is 0.536. The SMILES string of the molecule is CC1=C2c3c(C(C)C)cccc3[CH]1[Ti+2][CH]1C(C)=C(c3c(C(C)C)cccc31)[Si]2(C)C.[Cl-].[Cl-]. The molecular weight excluding hydrogens is 483 g/mol. The second kappa shape index (κ2) is 8.90. The Morgan fingerprint density at radius 3 is 1.41 bits per heavy atom. The molecule has 4 bridgehead atoms. The largest absolute Gasteiger partial charge is 1.00 e. The van der Waals surface area contributed by atoms with E-state index in [1.807, 2.05) is 0 Å². The summed E-state index contributed by atoms with van der Waals surface area (Å²) in [6.07, 6.45) is 0. The molecule has 2 aromatic rings. The van der Waals surface area contributed by atoms with Gasteiger partial charge in [0.15, 0.2) is 0 Å². The van der Waals surface area contributed by atoms with Gasteiger partial charge in [0.2, 0.25) is 0 Å². The topological polar surface area (TPSA) is 0 Å². The van der Waals surface area contributed by atoms with Crippen molar-refractivity contribution in [2.24, 2.45) is 0 Å². The van der Waals surface area contributed by atoms with Crippen LogP contribution in [0.1, 0.15) is 95.2 Å². The smallest absolute Gasteiger partial charge is 1.00 e. The Bertz CT molecular complexity index is 1050. The van der Waals surface area contributed by atoms with Gasteiger partial charge in [0.1, 0.15) is 0 Å². The summed E-state index contributed by atoms with van der Waals surface area (Å²) in [4.78, 5) is 0. The van der Waals surface area contributed by atoms with Crippen molar-refractivity contribution in [3.63, 3.8) is 0 Å². The van der Waals surface area contributed by atoms with Gasteiger partial charge in [-0.1, -0.05) is 0 Å². The minimum atomic E-state index is -1.85. The van der Waals surface area contributed by atoms with Gasteiger partial charge >= 0.3 is 193 Å². The molecule has 0 amide bonds. The molecule has 1 aliphatic heterocycles. The van der Waals surface area contributed by atoms with Gasteiger partial charge < -0.3 is 24.8 Å². The molecule has 168 valence electrons. The minimum Gasteiger partial charge on any atom is -1.00 e. The molecule has 0 saturated carbocycles. The molecule has 0 saturated heterocycles. The number of benzene rings is 2. The molecule has 0 nitrogen and oxygen atoms in total. The number of allylic oxidation sites excluding steroid dienone is 2. The van der Waals surface area contributed by atoms with Gasteiger partial charge in [0, 0.05) is 0 Å². The number of halogens is 2. The van der Waals surface area contributed by atoms with E-state index in [9.17, 15) is 0 Å². The maximum atomic E-state index is 2.66. The third-order valence-corrected chi connectivity index (χ3v) is 15.0. The average Bonchev–Trinajstić information content (AvgIpc) is 3.14. The van der Waals surface area contributed by atoms with Crippen LogP contribution >= 0.6 is 0 Å². The van der Waals surface area contributed by atoms with Crippen LogP contribution in [0.25, 0.3) is 10.4 Å². The number of hydrogen-bond acceptors (Lipinski definition) is 0. The van der Waals surface area contributed by atoms with Crippen LogP contribution in [0.5, 0.6) is 0 Å². The van der Waals surface area contributed by atoms with Gasteiger partial charge in [-0.05, 0) is 0 Å². The predicted octanol–water partition coefficient (Wildman–Crippen LogP) is 2.18. The van der Waals surface area contributed by atoms with Crippen LogP contribution in [-0.2, 0) is 19.2 Å². The molecule has 0 fully saturated rings. The molecule has 2 aromatic carbocycles. The Kier molecular flexibility index (Phi) is 7.24. The van der Waals surface area contributed by atoms with Crippen molar-refractivity contribution in [3.05, 3.63) is 80.9 Å². The molecule has 4 heteroatoms. The molecule has 0 aromatic heterocycles. The number of rotatable bonds is 2. The average molecular weight is 517 g/mol. The Morgan fingerprint density at radius 2 is 1.06 bits per heavy atom. The standard InChI is InChI=1S/C28H34Si.2ClH.Ti/c1-17(2)23-13-9-11-21-15-19(5)27(25(21)23)29(7,8)28-20(6)16-22-12-10-14-24(18(3)4)26(22)28;;;/h9-18H,1-8H3;2*1H;/q;;;+2/p-2. The Labute approximate surface area is 217 Å². The first kappa shape index (κ1) is 26.0. The summed E-state index contributed by atoms with van der Waals surface area (Å²) in [5.74, 6) is 1.16. The van der Waals surface area contributed by atoms with E-state index in [4.69, 9.17) is 0 Å². The van der Waals surface area contributed by atoms with Crippen LogP contribution < -0.4 is 24.8 Å². The van der Waals surface area contributed by atoms with Gasteiger partial charge in [-0.2, -0.15) is 0 Å². The van der Waals surface area contributed by atoms with Crippen molar-refractivity contribution in [2.45, 2.75) is 74.9 Å². The molecule has 1 heterocycles. The van der Waals surface area contributed by atoms with E-state index in [0.717, 1.165) is 0 Å². The Morgan fingerprint density at radius 1 is 0.688 bits per heavy atom. The van der Waals surface area contributed by atoms with E-state index >= 15 is 0 Å². The minimum absolute atomic E-state index is 0. The van der Waals surface area contributed by atoms with Crippen LogP contribution in [0, 0.1) is 0 Å². The number of hydrogen-bond donors (Lipinski definition) is 0. The monoisotopic (exact) mass is 516 g/mol. The fourth-order valence-corrected chi connectivity index (χ4v) is 14.5. The second-order valence-corrected chi connectivity index (χ2v) is 17.3. The maximum absolute atomic E-state index is 2.66. The van der Waals surface area contributed by atoms with Gasteiger partial charge in [-0.3, -0.25) is 0 Å². The second-order valence-electron chi connectivity index (χ2n) is 10.7. The van der Waals surface area contributed by atoms with E-state index in [1.54, 1.807) is 54.9 Å². The van der Waals surface area contributed by atoms with Gasteiger partial charge in [0.05, 0.1) is 0 Å². The van der Waals surface area contributed by atoms with E-state index in [1.165, 1.54) is 0 Å². The van der Waals surface area contributed by atoms with Crippen molar-refractivity contribution in [1.82, 2.24) is 0 Å². The van der Waals surface area contributed by atoms with Gasteiger partial charge in [-0.25, -0.2) is 0 Å². The van der Waals surface area contributed by atoms with Crippen molar-refractivity contribution >= 4 is 18.5 Å². The summed E-state index contributed by atoms with van der Waals surface area (Å²) in [7, 11) is -1.85. The third kappa shape index (κ3) is 3.42. The fourth-order valence-electron chi connectivity index (χ4n) is 6.68. The maximum Gasteiger partial charge on any atom is -1.00 e. The van der Waals surface area contributed by atoms with E-state index < -0.39 is 8.07 Å². The molecule has 5 rings (SSSR count). The zero-order valence-electron chi connectivity index (χ0n) is 20.5. The third-order valence-electron chi connectivity index (χ3n) is 7.86. The van der Waals surface area contributed by atoms with E-state index in [0.29, 0.717) is 20.3 Å². The summed E-state index contributed by atoms with van der Waals surface area (Å²) < 4.78 is 1.41. The van der Waals surface area contributed by atoms with E-state index in [2.05, 4.69) is 91.0 Å². The summed E-state index contributed by atoms with van der Waals surface area (Å²) >= 11 is -0.212. The summed E-state index contributed by atoms with van der Waals surface area (Å²) in [6, 6.07) is 14.4. The normalized spacial score (nSPS) is 21.8. The summed E-state index contributed by atoms with van der Waals surface area (Å²) in [5, 5.41) is 3.57. The zero-order valence-corrected chi connectivity index (χ0v) is 24.6. The molecule has 3 aliphatic rings. The van der Waals surface area contributed by atoms with Crippen LogP contribution in [0.3, 0.4) is 0 Å². The summed E-state index contributed by atoms with van der Waals surface area (Å²) in [6.45, 7) is 19.8. The Balaban J connectivity index is 0.00000144. The van der Waals surface area contributed by atoms with Crippen LogP contribution in [0.2, 0.25) is 13.1 Å². The first-order valence-corrected chi connectivity index (χ1v) is 16.4. The first-order chi connectivity index (χ1) is 14.2. The van der Waals surface area contributed by atoms with Crippen LogP contribution in [0.4, 0.5) is 0 Å². The molecule has 0 radical (unpaired) electrons. The Hall–Kier alpha value is -0.569. The van der Waals surface area contributed by atoms with E-state index in [-0.39, 0.29) is 44.0 Å². The van der Waals surface area contributed by atoms with Crippen molar-refractivity contribution in [3.8, 4) is 0 Å². The van der Waals surface area contributed by atoms with Crippen molar-refractivity contribution in [2.75, 3.05) is 0 Å². The molecule has 2 atom stereocenters. The van der Waals surface area contributed by atoms with Crippen LogP contribution in [0.15, 0.2) is 47.5 Å².